The van der Waals surface area contributed by atoms with Crippen molar-refractivity contribution in [1.29, 1.82) is 0 Å². The van der Waals surface area contributed by atoms with E-state index in [9.17, 15) is 22.8 Å². The third-order valence-corrected chi connectivity index (χ3v) is 6.96. The first kappa shape index (κ1) is 20.8. The van der Waals surface area contributed by atoms with Gasteiger partial charge in [0.05, 0.1) is 17.3 Å². The summed E-state index contributed by atoms with van der Waals surface area (Å²) in [5.41, 5.74) is 1.51. The molecule has 1 heterocycles. The molecule has 1 aromatic heterocycles. The molecule has 0 bridgehead atoms. The lowest BCUT2D eigenvalue weighted by Gasteiger charge is -2.44. The minimum Gasteiger partial charge on any atom is -0.352 e. The van der Waals surface area contributed by atoms with Crippen LogP contribution in [0.3, 0.4) is 0 Å². The lowest BCUT2D eigenvalue weighted by atomic mass is 9.60. The SMILES string of the molecule is CC1(C(=O)N[C@H]2CCCC2=O)CC(c2c(-c3ccc(F)cc3)[nH]c3c(F)cc(F)cc23)C1. The smallest absolute Gasteiger partial charge is 0.226 e. The Kier molecular flexibility index (Phi) is 4.87. The van der Waals surface area contributed by atoms with Gasteiger partial charge in [-0.05, 0) is 73.1 Å². The first-order valence-corrected chi connectivity index (χ1v) is 10.9. The molecule has 2 aliphatic carbocycles. The number of ketones is 1. The van der Waals surface area contributed by atoms with Crippen molar-refractivity contribution in [2.24, 2.45) is 5.41 Å². The molecule has 0 radical (unpaired) electrons. The van der Waals surface area contributed by atoms with Crippen LogP contribution < -0.4 is 5.32 Å². The molecule has 166 valence electrons. The Morgan fingerprint density at radius 3 is 2.47 bits per heavy atom. The summed E-state index contributed by atoms with van der Waals surface area (Å²) in [5.74, 6) is -1.97. The van der Waals surface area contributed by atoms with Crippen LogP contribution in [0.5, 0.6) is 0 Å². The molecule has 2 N–H and O–H groups in total. The summed E-state index contributed by atoms with van der Waals surface area (Å²) in [4.78, 5) is 27.9. The zero-order valence-electron chi connectivity index (χ0n) is 17.6. The standard InChI is InChI=1S/C25H23F3N2O2/c1-25(24(32)29-19-3-2-4-20(19)31)11-14(12-25)21-17-9-16(27)10-18(28)23(17)30-22(21)13-5-7-15(26)8-6-13/h5-10,14,19,30H,2-4,11-12H2,1H3,(H,29,32)/t14?,19-,25?/m0/s1. The van der Waals surface area contributed by atoms with Crippen molar-refractivity contribution in [2.45, 2.75) is 51.0 Å². The normalized spacial score (nSPS) is 25.2. The van der Waals surface area contributed by atoms with Gasteiger partial charge in [-0.3, -0.25) is 9.59 Å². The number of aromatic amines is 1. The Bertz CT molecular complexity index is 1230. The third-order valence-electron chi connectivity index (χ3n) is 6.96. The number of carbonyl (C=O) groups excluding carboxylic acids is 2. The van der Waals surface area contributed by atoms with Crippen LogP contribution in [0.25, 0.3) is 22.2 Å². The minimum absolute atomic E-state index is 0.0685. The Balaban J connectivity index is 1.49. The van der Waals surface area contributed by atoms with Crippen molar-refractivity contribution in [1.82, 2.24) is 10.3 Å². The molecule has 0 aliphatic heterocycles. The highest BCUT2D eigenvalue weighted by molar-refractivity contribution is 5.95. The average Bonchev–Trinajstić information content (AvgIpc) is 3.30. The van der Waals surface area contributed by atoms with Gasteiger partial charge in [0.15, 0.2) is 5.78 Å². The third kappa shape index (κ3) is 3.40. The molecule has 5 rings (SSSR count). The molecule has 32 heavy (non-hydrogen) atoms. The average molecular weight is 440 g/mol. The molecule has 2 saturated carbocycles. The van der Waals surface area contributed by atoms with Gasteiger partial charge in [-0.15, -0.1) is 0 Å². The predicted molar refractivity (Wildman–Crippen MR) is 114 cm³/mol. The second kappa shape index (κ2) is 7.50. The number of rotatable bonds is 4. The number of amides is 1. The van der Waals surface area contributed by atoms with Crippen LogP contribution in [0.2, 0.25) is 0 Å². The van der Waals surface area contributed by atoms with Crippen LogP contribution in [0.1, 0.15) is 50.5 Å². The molecule has 2 aromatic carbocycles. The lowest BCUT2D eigenvalue weighted by Crippen LogP contribution is -2.50. The second-order valence-electron chi connectivity index (χ2n) is 9.28. The first-order valence-electron chi connectivity index (χ1n) is 10.9. The molecule has 2 fully saturated rings. The number of nitrogens with one attached hydrogen (secondary N) is 2. The quantitative estimate of drug-likeness (QED) is 0.573. The van der Waals surface area contributed by atoms with Crippen LogP contribution >= 0.6 is 0 Å². The minimum atomic E-state index is -0.700. The summed E-state index contributed by atoms with van der Waals surface area (Å²) < 4.78 is 42.1. The fourth-order valence-corrected chi connectivity index (χ4v) is 5.23. The maximum atomic E-state index is 14.5. The van der Waals surface area contributed by atoms with Gasteiger partial charge in [0.25, 0.3) is 0 Å². The summed E-state index contributed by atoms with van der Waals surface area (Å²) in [6.07, 6.45) is 2.92. The number of carbonyl (C=O) groups is 2. The fourth-order valence-electron chi connectivity index (χ4n) is 5.23. The zero-order chi connectivity index (χ0) is 22.6. The monoisotopic (exact) mass is 440 g/mol. The van der Waals surface area contributed by atoms with Crippen LogP contribution in [-0.2, 0) is 9.59 Å². The van der Waals surface area contributed by atoms with Gasteiger partial charge in [0.1, 0.15) is 17.5 Å². The lowest BCUT2D eigenvalue weighted by molar-refractivity contribution is -0.138. The van der Waals surface area contributed by atoms with Crippen molar-refractivity contribution in [3.05, 3.63) is 59.4 Å². The molecule has 2 aliphatic rings. The second-order valence-corrected chi connectivity index (χ2v) is 9.28. The molecular formula is C25H23F3N2O2. The van der Waals surface area contributed by atoms with E-state index in [1.54, 1.807) is 12.1 Å². The highest BCUT2D eigenvalue weighted by atomic mass is 19.1. The number of hydrogen-bond acceptors (Lipinski definition) is 2. The molecule has 1 atom stereocenters. The van der Waals surface area contributed by atoms with Crippen molar-refractivity contribution in [3.8, 4) is 11.3 Å². The Labute approximate surface area is 183 Å². The van der Waals surface area contributed by atoms with Gasteiger partial charge in [-0.2, -0.15) is 0 Å². The van der Waals surface area contributed by atoms with Gasteiger partial charge in [0, 0.05) is 23.3 Å². The molecule has 7 heteroatoms. The van der Waals surface area contributed by atoms with Gasteiger partial charge >= 0.3 is 0 Å². The summed E-state index contributed by atoms with van der Waals surface area (Å²) in [6.45, 7) is 1.85. The van der Waals surface area contributed by atoms with Crippen LogP contribution in [-0.4, -0.2) is 22.7 Å². The van der Waals surface area contributed by atoms with E-state index in [0.29, 0.717) is 42.3 Å². The fraction of sp³-hybridized carbons (Fsp3) is 0.360. The molecule has 1 amide bonds. The van der Waals surface area contributed by atoms with E-state index in [1.165, 1.54) is 18.2 Å². The maximum Gasteiger partial charge on any atom is 0.226 e. The number of aromatic nitrogens is 1. The van der Waals surface area contributed by atoms with E-state index in [-0.39, 0.29) is 23.1 Å². The number of Topliss-reactive ketones (excluding diaryl/α,β-unsaturated/α-hetero) is 1. The van der Waals surface area contributed by atoms with Gasteiger partial charge in [-0.1, -0.05) is 6.92 Å². The van der Waals surface area contributed by atoms with Crippen LogP contribution in [0, 0.1) is 22.9 Å². The molecule has 0 saturated heterocycles. The molecular weight excluding hydrogens is 417 g/mol. The Morgan fingerprint density at radius 1 is 1.09 bits per heavy atom. The van der Waals surface area contributed by atoms with E-state index >= 15 is 0 Å². The highest BCUT2D eigenvalue weighted by Gasteiger charge is 2.49. The number of hydrogen-bond donors (Lipinski definition) is 2. The van der Waals surface area contributed by atoms with Crippen molar-refractivity contribution in [2.75, 3.05) is 0 Å². The van der Waals surface area contributed by atoms with Crippen LogP contribution in [0.15, 0.2) is 36.4 Å². The molecule has 0 unspecified atom stereocenters. The van der Waals surface area contributed by atoms with E-state index in [4.69, 9.17) is 0 Å². The van der Waals surface area contributed by atoms with Gasteiger partial charge in [0.2, 0.25) is 5.91 Å². The maximum absolute atomic E-state index is 14.5. The van der Waals surface area contributed by atoms with Crippen molar-refractivity contribution < 1.29 is 22.8 Å². The summed E-state index contributed by atoms with van der Waals surface area (Å²) in [6, 6.07) is 7.53. The largest absolute Gasteiger partial charge is 0.352 e. The van der Waals surface area contributed by atoms with Crippen molar-refractivity contribution >= 4 is 22.6 Å². The van der Waals surface area contributed by atoms with Gasteiger partial charge in [-0.25, -0.2) is 13.2 Å². The van der Waals surface area contributed by atoms with E-state index in [2.05, 4.69) is 10.3 Å². The molecule has 4 nitrogen and oxygen atoms in total. The zero-order valence-corrected chi connectivity index (χ0v) is 17.6. The highest BCUT2D eigenvalue weighted by Crippen LogP contribution is 2.54. The number of H-pyrrole nitrogens is 1. The Morgan fingerprint density at radius 2 is 1.81 bits per heavy atom. The van der Waals surface area contributed by atoms with E-state index in [0.717, 1.165) is 18.1 Å². The first-order chi connectivity index (χ1) is 15.2. The molecule has 0 spiro atoms. The topological polar surface area (TPSA) is 62.0 Å². The summed E-state index contributed by atoms with van der Waals surface area (Å²) >= 11 is 0. The predicted octanol–water partition coefficient (Wildman–Crippen LogP) is 5.37. The number of benzene rings is 2. The van der Waals surface area contributed by atoms with Crippen molar-refractivity contribution in [3.63, 3.8) is 0 Å². The summed E-state index contributed by atoms with van der Waals surface area (Å²) in [7, 11) is 0. The number of fused-ring (bicyclic) bond motifs is 1. The number of halogens is 3. The van der Waals surface area contributed by atoms with Crippen LogP contribution in [0.4, 0.5) is 13.2 Å². The molecule has 3 aromatic rings. The van der Waals surface area contributed by atoms with E-state index < -0.39 is 28.9 Å². The van der Waals surface area contributed by atoms with Gasteiger partial charge < -0.3 is 10.3 Å². The summed E-state index contributed by atoms with van der Waals surface area (Å²) in [5, 5.41) is 3.32. The van der Waals surface area contributed by atoms with E-state index in [1.807, 2.05) is 6.92 Å². The Hall–Kier alpha value is -3.09.